The quantitative estimate of drug-likeness (QED) is 0.142. The molecule has 5 heteroatoms. The number of fused-ring (bicyclic) bond motifs is 6. The van der Waals surface area contributed by atoms with Gasteiger partial charge in [0.1, 0.15) is 0 Å². The summed E-state index contributed by atoms with van der Waals surface area (Å²) in [7, 11) is 0. The van der Waals surface area contributed by atoms with Crippen LogP contribution in [-0.2, 0) is 0 Å². The molecular weight excluding hydrogens is 611 g/mol. The van der Waals surface area contributed by atoms with Crippen molar-refractivity contribution >= 4 is 54.5 Å². The summed E-state index contributed by atoms with van der Waals surface area (Å²) in [4.78, 5) is 24.9. The number of pyridine rings is 5. The molecule has 0 N–H and O–H groups in total. The number of hydrogen-bond donors (Lipinski definition) is 0. The number of nitrogens with zero attached hydrogens (tertiary/aromatic N) is 5. The van der Waals surface area contributed by atoms with Gasteiger partial charge in [-0.3, -0.25) is 4.98 Å². The third-order valence-electron chi connectivity index (χ3n) is 9.48. The Morgan fingerprint density at radius 1 is 0.320 bits per heavy atom. The molecular formula is C45H27N5. The molecule has 5 aromatic heterocycles. The van der Waals surface area contributed by atoms with Crippen LogP contribution in [0.5, 0.6) is 0 Å². The number of para-hydroxylation sites is 1. The van der Waals surface area contributed by atoms with E-state index < -0.39 is 0 Å². The van der Waals surface area contributed by atoms with Gasteiger partial charge >= 0.3 is 0 Å². The van der Waals surface area contributed by atoms with Gasteiger partial charge in [0.15, 0.2) is 0 Å². The van der Waals surface area contributed by atoms with E-state index in [9.17, 15) is 0 Å². The average molecular weight is 638 g/mol. The van der Waals surface area contributed by atoms with E-state index in [2.05, 4.69) is 132 Å². The van der Waals surface area contributed by atoms with E-state index in [-0.39, 0.29) is 0 Å². The second kappa shape index (κ2) is 11.4. The van der Waals surface area contributed by atoms with Crippen molar-refractivity contribution < 1.29 is 0 Å². The van der Waals surface area contributed by atoms with Crippen molar-refractivity contribution in [2.24, 2.45) is 0 Å². The number of benzene rings is 5. The third-order valence-corrected chi connectivity index (χ3v) is 9.48. The van der Waals surface area contributed by atoms with Crippen LogP contribution in [0.1, 0.15) is 0 Å². The number of aromatic nitrogens is 5. The van der Waals surface area contributed by atoms with Crippen molar-refractivity contribution in [3.63, 3.8) is 0 Å². The van der Waals surface area contributed by atoms with Gasteiger partial charge < -0.3 is 0 Å². The van der Waals surface area contributed by atoms with E-state index in [0.29, 0.717) is 0 Å². The van der Waals surface area contributed by atoms with Crippen LogP contribution in [0.3, 0.4) is 0 Å². The molecule has 0 fully saturated rings. The van der Waals surface area contributed by atoms with Crippen LogP contribution in [0.2, 0.25) is 0 Å². The minimum atomic E-state index is 0.816. The van der Waals surface area contributed by atoms with E-state index in [1.165, 1.54) is 5.56 Å². The third kappa shape index (κ3) is 4.75. The van der Waals surface area contributed by atoms with Gasteiger partial charge in [0.05, 0.1) is 50.4 Å². The lowest BCUT2D eigenvalue weighted by Crippen LogP contribution is -1.94. The van der Waals surface area contributed by atoms with Crippen molar-refractivity contribution in [3.8, 4) is 45.0 Å². The lowest BCUT2D eigenvalue weighted by molar-refractivity contribution is 1.28. The SMILES string of the molecule is c1ccc(-c2c3ccccc3nc3c2ccc2ccc(-c4ccc5cc(-c6ccc7ccc(-c8ccccn8)nc7c6)ccc5n4)nc23)cc1. The molecule has 0 amide bonds. The maximum absolute atomic E-state index is 5.21. The molecule has 0 aliphatic rings. The summed E-state index contributed by atoms with van der Waals surface area (Å²) in [6, 6.07) is 54.4. The van der Waals surface area contributed by atoms with Gasteiger partial charge in [0, 0.05) is 38.7 Å². The summed E-state index contributed by atoms with van der Waals surface area (Å²) in [5.74, 6) is 0. The fourth-order valence-electron chi connectivity index (χ4n) is 7.00. The Kier molecular flexibility index (Phi) is 6.42. The summed E-state index contributed by atoms with van der Waals surface area (Å²) in [5, 5.41) is 5.42. The maximum Gasteiger partial charge on any atom is 0.0978 e. The molecule has 0 bridgehead atoms. The first-order valence-electron chi connectivity index (χ1n) is 16.7. The molecule has 5 aromatic carbocycles. The molecule has 0 spiro atoms. The molecule has 0 radical (unpaired) electrons. The van der Waals surface area contributed by atoms with Crippen molar-refractivity contribution in [1.29, 1.82) is 0 Å². The summed E-state index contributed by atoms with van der Waals surface area (Å²) in [6.07, 6.45) is 1.80. The number of rotatable bonds is 4. The molecule has 0 aliphatic heterocycles. The van der Waals surface area contributed by atoms with Crippen LogP contribution in [0.4, 0.5) is 0 Å². The van der Waals surface area contributed by atoms with E-state index in [1.807, 2.05) is 30.3 Å². The Balaban J connectivity index is 1.05. The van der Waals surface area contributed by atoms with Gasteiger partial charge in [-0.05, 0) is 71.3 Å². The molecule has 10 rings (SSSR count). The molecule has 50 heavy (non-hydrogen) atoms. The van der Waals surface area contributed by atoms with Crippen molar-refractivity contribution in [2.75, 3.05) is 0 Å². The molecule has 0 saturated carbocycles. The lowest BCUT2D eigenvalue weighted by Gasteiger charge is -2.13. The zero-order valence-electron chi connectivity index (χ0n) is 26.8. The second-order valence-corrected chi connectivity index (χ2v) is 12.5. The fraction of sp³-hybridized carbons (Fsp3) is 0. The molecule has 5 nitrogen and oxygen atoms in total. The standard InChI is InChI=1S/C45H27N5/c1-2-8-29(9-3-1)43-34-10-4-5-11-37(34)49-45-35(43)20-15-30-17-23-41(50-44(30)45)40-24-19-33-26-31(18-21-36(33)47-40)32-14-13-28-16-22-39(48-42(28)27-32)38-12-6-7-25-46-38/h1-27H. The molecule has 0 atom stereocenters. The van der Waals surface area contributed by atoms with Crippen LogP contribution in [-0.4, -0.2) is 24.9 Å². The highest BCUT2D eigenvalue weighted by Gasteiger charge is 2.15. The van der Waals surface area contributed by atoms with Gasteiger partial charge in [0.2, 0.25) is 0 Å². The van der Waals surface area contributed by atoms with Gasteiger partial charge in [-0.2, -0.15) is 0 Å². The Labute approximate surface area is 287 Å². The minimum Gasteiger partial charge on any atom is -0.255 e. The smallest absolute Gasteiger partial charge is 0.0978 e. The van der Waals surface area contributed by atoms with Crippen LogP contribution in [0.15, 0.2) is 164 Å². The molecule has 0 unspecified atom stereocenters. The first kappa shape index (κ1) is 28.2. The highest BCUT2D eigenvalue weighted by Crippen LogP contribution is 2.38. The van der Waals surface area contributed by atoms with Crippen LogP contribution in [0, 0.1) is 0 Å². The van der Waals surface area contributed by atoms with Crippen LogP contribution >= 0.6 is 0 Å². The largest absolute Gasteiger partial charge is 0.255 e. The highest BCUT2D eigenvalue weighted by atomic mass is 14.8. The van der Waals surface area contributed by atoms with Crippen molar-refractivity contribution in [1.82, 2.24) is 24.9 Å². The predicted octanol–water partition coefficient (Wildman–Crippen LogP) is 11.1. The number of hydrogen-bond acceptors (Lipinski definition) is 5. The fourth-order valence-corrected chi connectivity index (χ4v) is 7.00. The summed E-state index contributed by atoms with van der Waals surface area (Å²) >= 11 is 0. The first-order chi connectivity index (χ1) is 24.7. The van der Waals surface area contributed by atoms with Gasteiger partial charge in [-0.25, -0.2) is 19.9 Å². The van der Waals surface area contributed by atoms with E-state index in [1.54, 1.807) is 6.20 Å². The maximum atomic E-state index is 5.21. The second-order valence-electron chi connectivity index (χ2n) is 12.5. The van der Waals surface area contributed by atoms with Crippen LogP contribution < -0.4 is 0 Å². The zero-order chi connectivity index (χ0) is 33.0. The van der Waals surface area contributed by atoms with Crippen molar-refractivity contribution in [2.45, 2.75) is 0 Å². The normalized spacial score (nSPS) is 11.6. The van der Waals surface area contributed by atoms with Gasteiger partial charge in [-0.1, -0.05) is 103 Å². The molecule has 5 heterocycles. The Bertz CT molecular complexity index is 2920. The average Bonchev–Trinajstić information content (AvgIpc) is 3.19. The van der Waals surface area contributed by atoms with Crippen LogP contribution in [0.25, 0.3) is 99.5 Å². The van der Waals surface area contributed by atoms with E-state index in [4.69, 9.17) is 19.9 Å². The topological polar surface area (TPSA) is 64.5 Å². The first-order valence-corrected chi connectivity index (χ1v) is 16.7. The summed E-state index contributed by atoms with van der Waals surface area (Å²) < 4.78 is 0. The zero-order valence-corrected chi connectivity index (χ0v) is 26.8. The monoisotopic (exact) mass is 637 g/mol. The summed E-state index contributed by atoms with van der Waals surface area (Å²) in [5.41, 5.74) is 12.5. The molecule has 232 valence electrons. The summed E-state index contributed by atoms with van der Waals surface area (Å²) in [6.45, 7) is 0. The van der Waals surface area contributed by atoms with E-state index in [0.717, 1.165) is 94.0 Å². The Morgan fingerprint density at radius 2 is 1.00 bits per heavy atom. The molecule has 0 aliphatic carbocycles. The van der Waals surface area contributed by atoms with Gasteiger partial charge in [-0.15, -0.1) is 0 Å². The van der Waals surface area contributed by atoms with E-state index >= 15 is 0 Å². The molecule has 10 aromatic rings. The minimum absolute atomic E-state index is 0.816. The highest BCUT2D eigenvalue weighted by molar-refractivity contribution is 6.16. The molecule has 0 saturated heterocycles. The lowest BCUT2D eigenvalue weighted by atomic mass is 9.95. The van der Waals surface area contributed by atoms with Crippen molar-refractivity contribution in [3.05, 3.63) is 164 Å². The predicted molar refractivity (Wildman–Crippen MR) is 205 cm³/mol. The Hall–Kier alpha value is -6.85. The van der Waals surface area contributed by atoms with Gasteiger partial charge in [0.25, 0.3) is 0 Å². The Morgan fingerprint density at radius 3 is 1.88 bits per heavy atom.